The number of aryl methyl sites for hydroxylation is 2. The van der Waals surface area contributed by atoms with E-state index in [1.54, 1.807) is 0 Å². The number of hydrogen-bond donors (Lipinski definition) is 1. The molecular weight excluding hydrogens is 172 g/mol. The second-order valence-corrected chi connectivity index (χ2v) is 3.80. The first-order chi connectivity index (χ1) is 6.72. The minimum atomic E-state index is 0.711. The minimum absolute atomic E-state index is 0.711. The zero-order valence-corrected chi connectivity index (χ0v) is 8.75. The van der Waals surface area contributed by atoms with Crippen molar-refractivity contribution in [3.63, 3.8) is 0 Å². The summed E-state index contributed by atoms with van der Waals surface area (Å²) in [5, 5.41) is 1.31. The highest BCUT2D eigenvalue weighted by molar-refractivity contribution is 5.81. The Kier molecular flexibility index (Phi) is 2.30. The van der Waals surface area contributed by atoms with E-state index >= 15 is 0 Å². The summed E-state index contributed by atoms with van der Waals surface area (Å²) in [6.07, 6.45) is 0.949. The topological polar surface area (TPSA) is 30.9 Å². The highest BCUT2D eigenvalue weighted by atomic mass is 14.9. The third-order valence-corrected chi connectivity index (χ3v) is 2.70. The molecule has 0 saturated heterocycles. The fourth-order valence-electron chi connectivity index (χ4n) is 1.89. The van der Waals surface area contributed by atoms with Crippen molar-refractivity contribution in [1.29, 1.82) is 0 Å². The molecule has 0 saturated carbocycles. The largest absolute Gasteiger partial charge is 0.348 e. The quantitative estimate of drug-likeness (QED) is 0.767. The SMILES string of the molecule is Cc1ccc2cc(CCN)n(C)c2c1. The van der Waals surface area contributed by atoms with Crippen LogP contribution in [0.25, 0.3) is 10.9 Å². The molecule has 0 unspecified atom stereocenters. The van der Waals surface area contributed by atoms with E-state index in [4.69, 9.17) is 5.73 Å². The molecule has 14 heavy (non-hydrogen) atoms. The third kappa shape index (κ3) is 1.42. The van der Waals surface area contributed by atoms with Gasteiger partial charge in [0.1, 0.15) is 0 Å². The Morgan fingerprint density at radius 3 is 2.79 bits per heavy atom. The van der Waals surface area contributed by atoms with E-state index in [0.717, 1.165) is 6.42 Å². The predicted molar refractivity (Wildman–Crippen MR) is 60.4 cm³/mol. The van der Waals surface area contributed by atoms with Gasteiger partial charge in [0.15, 0.2) is 0 Å². The lowest BCUT2D eigenvalue weighted by atomic mass is 10.2. The maximum Gasteiger partial charge on any atom is 0.0482 e. The molecule has 0 radical (unpaired) electrons. The van der Waals surface area contributed by atoms with Gasteiger partial charge >= 0.3 is 0 Å². The first-order valence-electron chi connectivity index (χ1n) is 4.97. The molecule has 0 amide bonds. The van der Waals surface area contributed by atoms with Gasteiger partial charge in [-0.25, -0.2) is 0 Å². The lowest BCUT2D eigenvalue weighted by molar-refractivity contribution is 0.827. The van der Waals surface area contributed by atoms with E-state index in [-0.39, 0.29) is 0 Å². The molecule has 1 aromatic carbocycles. The van der Waals surface area contributed by atoms with Crippen LogP contribution in [0.4, 0.5) is 0 Å². The summed E-state index contributed by atoms with van der Waals surface area (Å²) in [6.45, 7) is 2.83. The third-order valence-electron chi connectivity index (χ3n) is 2.70. The van der Waals surface area contributed by atoms with E-state index in [2.05, 4.69) is 42.8 Å². The molecule has 2 nitrogen and oxygen atoms in total. The molecule has 0 fully saturated rings. The van der Waals surface area contributed by atoms with Crippen molar-refractivity contribution in [3.8, 4) is 0 Å². The monoisotopic (exact) mass is 188 g/mol. The fourth-order valence-corrected chi connectivity index (χ4v) is 1.89. The summed E-state index contributed by atoms with van der Waals surface area (Å²) in [5.41, 5.74) is 9.48. The molecular formula is C12H16N2. The summed E-state index contributed by atoms with van der Waals surface area (Å²) < 4.78 is 2.23. The number of rotatable bonds is 2. The summed E-state index contributed by atoms with van der Waals surface area (Å²) in [4.78, 5) is 0. The van der Waals surface area contributed by atoms with Gasteiger partial charge in [-0.1, -0.05) is 12.1 Å². The van der Waals surface area contributed by atoms with Gasteiger partial charge in [-0.15, -0.1) is 0 Å². The van der Waals surface area contributed by atoms with Crippen LogP contribution in [0.1, 0.15) is 11.3 Å². The van der Waals surface area contributed by atoms with E-state index in [1.807, 2.05) is 0 Å². The lowest BCUT2D eigenvalue weighted by Crippen LogP contribution is -2.06. The normalized spacial score (nSPS) is 11.1. The van der Waals surface area contributed by atoms with Crippen molar-refractivity contribution in [3.05, 3.63) is 35.5 Å². The number of nitrogens with zero attached hydrogens (tertiary/aromatic N) is 1. The lowest BCUT2D eigenvalue weighted by Gasteiger charge is -2.02. The van der Waals surface area contributed by atoms with Crippen LogP contribution < -0.4 is 5.73 Å². The number of benzene rings is 1. The second-order valence-electron chi connectivity index (χ2n) is 3.80. The maximum atomic E-state index is 5.57. The molecule has 2 heteroatoms. The number of nitrogens with two attached hydrogens (primary N) is 1. The smallest absolute Gasteiger partial charge is 0.0482 e. The minimum Gasteiger partial charge on any atom is -0.348 e. The molecule has 2 rings (SSSR count). The van der Waals surface area contributed by atoms with Gasteiger partial charge in [0, 0.05) is 18.3 Å². The number of hydrogen-bond acceptors (Lipinski definition) is 1. The zero-order valence-electron chi connectivity index (χ0n) is 8.75. The van der Waals surface area contributed by atoms with Crippen LogP contribution in [0.3, 0.4) is 0 Å². The van der Waals surface area contributed by atoms with Crippen LogP contribution in [0.5, 0.6) is 0 Å². The zero-order chi connectivity index (χ0) is 10.1. The first-order valence-corrected chi connectivity index (χ1v) is 4.97. The molecule has 0 aliphatic rings. The Labute approximate surface area is 84.3 Å². The summed E-state index contributed by atoms with van der Waals surface area (Å²) >= 11 is 0. The summed E-state index contributed by atoms with van der Waals surface area (Å²) in [7, 11) is 2.10. The van der Waals surface area contributed by atoms with Crippen molar-refractivity contribution in [2.45, 2.75) is 13.3 Å². The molecule has 2 aromatic rings. The average Bonchev–Trinajstić information content (AvgIpc) is 2.46. The first kappa shape index (κ1) is 9.28. The highest BCUT2D eigenvalue weighted by Gasteiger charge is 2.04. The van der Waals surface area contributed by atoms with Crippen LogP contribution in [-0.4, -0.2) is 11.1 Å². The van der Waals surface area contributed by atoms with Crippen molar-refractivity contribution in [1.82, 2.24) is 4.57 Å². The molecule has 74 valence electrons. The fraction of sp³-hybridized carbons (Fsp3) is 0.333. The van der Waals surface area contributed by atoms with Gasteiger partial charge in [-0.3, -0.25) is 0 Å². The van der Waals surface area contributed by atoms with Gasteiger partial charge in [-0.05, 0) is 43.0 Å². The van der Waals surface area contributed by atoms with Gasteiger partial charge in [-0.2, -0.15) is 0 Å². The highest BCUT2D eigenvalue weighted by Crippen LogP contribution is 2.20. The molecule has 1 heterocycles. The van der Waals surface area contributed by atoms with E-state index in [1.165, 1.54) is 22.2 Å². The van der Waals surface area contributed by atoms with Gasteiger partial charge in [0.05, 0.1) is 0 Å². The Balaban J connectivity index is 2.62. The van der Waals surface area contributed by atoms with Gasteiger partial charge in [0.2, 0.25) is 0 Å². The van der Waals surface area contributed by atoms with Crippen LogP contribution >= 0.6 is 0 Å². The van der Waals surface area contributed by atoms with Gasteiger partial charge in [0.25, 0.3) is 0 Å². The molecule has 2 N–H and O–H groups in total. The second kappa shape index (κ2) is 3.46. The van der Waals surface area contributed by atoms with Crippen molar-refractivity contribution in [2.75, 3.05) is 6.54 Å². The van der Waals surface area contributed by atoms with Crippen molar-refractivity contribution >= 4 is 10.9 Å². The maximum absolute atomic E-state index is 5.57. The molecule has 0 atom stereocenters. The number of aromatic nitrogens is 1. The molecule has 0 aliphatic carbocycles. The van der Waals surface area contributed by atoms with Crippen LogP contribution in [-0.2, 0) is 13.5 Å². The van der Waals surface area contributed by atoms with E-state index < -0.39 is 0 Å². The van der Waals surface area contributed by atoms with E-state index in [9.17, 15) is 0 Å². The molecule has 0 spiro atoms. The van der Waals surface area contributed by atoms with E-state index in [0.29, 0.717) is 6.54 Å². The summed E-state index contributed by atoms with van der Waals surface area (Å²) in [5.74, 6) is 0. The van der Waals surface area contributed by atoms with Crippen molar-refractivity contribution < 1.29 is 0 Å². The Morgan fingerprint density at radius 2 is 2.07 bits per heavy atom. The Bertz CT molecular complexity index is 455. The van der Waals surface area contributed by atoms with Crippen molar-refractivity contribution in [2.24, 2.45) is 12.8 Å². The number of fused-ring (bicyclic) bond motifs is 1. The summed E-state index contributed by atoms with van der Waals surface area (Å²) in [6, 6.07) is 8.76. The Hall–Kier alpha value is -1.28. The standard InChI is InChI=1S/C12H16N2/c1-9-3-4-10-8-11(5-6-13)14(2)12(10)7-9/h3-4,7-8H,5-6,13H2,1-2H3. The van der Waals surface area contributed by atoms with Crippen LogP contribution in [0, 0.1) is 6.92 Å². The molecule has 0 aliphatic heterocycles. The van der Waals surface area contributed by atoms with Crippen LogP contribution in [0.15, 0.2) is 24.3 Å². The molecule has 1 aromatic heterocycles. The molecule has 0 bridgehead atoms. The predicted octanol–water partition coefficient (Wildman–Crippen LogP) is 1.99. The Morgan fingerprint density at radius 1 is 1.29 bits per heavy atom. The van der Waals surface area contributed by atoms with Gasteiger partial charge < -0.3 is 10.3 Å². The van der Waals surface area contributed by atoms with Crippen LogP contribution in [0.2, 0.25) is 0 Å². The average molecular weight is 188 g/mol.